The molecule has 0 bridgehead atoms. The van der Waals surface area contributed by atoms with E-state index in [1.807, 2.05) is 0 Å². The molecule has 8 heteroatoms. The second kappa shape index (κ2) is 5.80. The van der Waals surface area contributed by atoms with E-state index < -0.39 is 23.5 Å². The number of nitrogens with zero attached hydrogens (tertiary/aromatic N) is 1. The average Bonchev–Trinajstić information content (AvgIpc) is 2.27. The summed E-state index contributed by atoms with van der Waals surface area (Å²) in [5.74, 6) is -0.935. The Hall–Kier alpha value is -1.65. The van der Waals surface area contributed by atoms with Crippen LogP contribution >= 0.6 is 12.4 Å². The van der Waals surface area contributed by atoms with Gasteiger partial charge in [0.25, 0.3) is 0 Å². The van der Waals surface area contributed by atoms with E-state index in [0.29, 0.717) is 0 Å². The molecule has 0 aliphatic rings. The summed E-state index contributed by atoms with van der Waals surface area (Å²) in [6.07, 6.45) is -4.71. The van der Waals surface area contributed by atoms with Crippen LogP contribution in [0.25, 0.3) is 0 Å². The van der Waals surface area contributed by atoms with E-state index in [4.69, 9.17) is 11.0 Å². The molecule has 0 saturated carbocycles. The molecular formula is C10H10ClF3N2O2. The molecule has 0 radical (unpaired) electrons. The van der Waals surface area contributed by atoms with Crippen LogP contribution in [0, 0.1) is 11.3 Å². The zero-order chi connectivity index (χ0) is 13.2. The van der Waals surface area contributed by atoms with Crippen molar-refractivity contribution in [3.05, 3.63) is 23.3 Å². The Morgan fingerprint density at radius 2 is 2.00 bits per heavy atom. The molecule has 0 amide bonds. The maximum atomic E-state index is 12.4. The van der Waals surface area contributed by atoms with Crippen molar-refractivity contribution in [3.8, 4) is 17.6 Å². The minimum Gasteiger partial charge on any atom is -0.504 e. The van der Waals surface area contributed by atoms with Crippen molar-refractivity contribution in [1.82, 2.24) is 0 Å². The molecule has 0 aliphatic carbocycles. The predicted molar refractivity (Wildman–Crippen MR) is 59.6 cm³/mol. The SMILES string of the molecule is COc1cc(C#N)cc([C@H](N)C(F)(F)F)c1O.Cl. The van der Waals surface area contributed by atoms with Crippen molar-refractivity contribution in [2.45, 2.75) is 12.2 Å². The summed E-state index contributed by atoms with van der Waals surface area (Å²) in [4.78, 5) is 0. The topological polar surface area (TPSA) is 79.3 Å². The van der Waals surface area contributed by atoms with Gasteiger partial charge in [-0.25, -0.2) is 0 Å². The van der Waals surface area contributed by atoms with Crippen LogP contribution in [0.15, 0.2) is 12.1 Å². The van der Waals surface area contributed by atoms with Crippen molar-refractivity contribution in [2.24, 2.45) is 5.73 Å². The van der Waals surface area contributed by atoms with Gasteiger partial charge in [-0.1, -0.05) is 0 Å². The molecule has 0 fully saturated rings. The van der Waals surface area contributed by atoms with E-state index in [9.17, 15) is 18.3 Å². The first-order valence-corrected chi connectivity index (χ1v) is 4.44. The largest absolute Gasteiger partial charge is 0.504 e. The number of hydrogen-bond donors (Lipinski definition) is 2. The molecule has 0 aromatic heterocycles. The van der Waals surface area contributed by atoms with Gasteiger partial charge in [0.2, 0.25) is 0 Å². The van der Waals surface area contributed by atoms with E-state index in [1.54, 1.807) is 6.07 Å². The molecule has 1 aromatic rings. The summed E-state index contributed by atoms with van der Waals surface area (Å²) in [7, 11) is 1.17. The summed E-state index contributed by atoms with van der Waals surface area (Å²) in [5.41, 5.74) is 4.31. The van der Waals surface area contributed by atoms with Crippen molar-refractivity contribution >= 4 is 12.4 Å². The molecular weight excluding hydrogens is 273 g/mol. The fourth-order valence-corrected chi connectivity index (χ4v) is 1.26. The number of ether oxygens (including phenoxy) is 1. The lowest BCUT2D eigenvalue weighted by atomic mass is 10.0. The van der Waals surface area contributed by atoms with Crippen LogP contribution in [0.1, 0.15) is 17.2 Å². The number of rotatable bonds is 2. The Bertz CT molecular complexity index is 471. The maximum Gasteiger partial charge on any atom is 0.407 e. The molecule has 1 atom stereocenters. The number of halogens is 4. The Labute approximate surface area is 107 Å². The highest BCUT2D eigenvalue weighted by molar-refractivity contribution is 5.85. The molecule has 0 unspecified atom stereocenters. The molecule has 4 nitrogen and oxygen atoms in total. The van der Waals surface area contributed by atoms with Gasteiger partial charge in [0.05, 0.1) is 18.7 Å². The van der Waals surface area contributed by atoms with Crippen LogP contribution in [0.2, 0.25) is 0 Å². The van der Waals surface area contributed by atoms with Crippen molar-refractivity contribution in [3.63, 3.8) is 0 Å². The zero-order valence-electron chi connectivity index (χ0n) is 9.15. The van der Waals surface area contributed by atoms with Gasteiger partial charge in [0.15, 0.2) is 11.5 Å². The van der Waals surface area contributed by atoms with Gasteiger partial charge < -0.3 is 15.6 Å². The molecule has 0 saturated heterocycles. The number of methoxy groups -OCH3 is 1. The minimum atomic E-state index is -4.71. The molecule has 3 N–H and O–H groups in total. The van der Waals surface area contributed by atoms with Gasteiger partial charge in [-0.15, -0.1) is 12.4 Å². The first kappa shape index (κ1) is 16.4. The van der Waals surface area contributed by atoms with Gasteiger partial charge in [-0.05, 0) is 6.07 Å². The Morgan fingerprint density at radius 1 is 1.44 bits per heavy atom. The second-order valence-electron chi connectivity index (χ2n) is 3.25. The van der Waals surface area contributed by atoms with E-state index >= 15 is 0 Å². The van der Waals surface area contributed by atoms with E-state index in [2.05, 4.69) is 4.74 Å². The monoisotopic (exact) mass is 282 g/mol. The smallest absolute Gasteiger partial charge is 0.407 e. The summed E-state index contributed by atoms with van der Waals surface area (Å²) < 4.78 is 41.9. The van der Waals surface area contributed by atoms with Gasteiger partial charge in [0.1, 0.15) is 6.04 Å². The van der Waals surface area contributed by atoms with Crippen LogP contribution in [0.5, 0.6) is 11.5 Å². The minimum absolute atomic E-state index is 0. The fraction of sp³-hybridized carbons (Fsp3) is 0.300. The van der Waals surface area contributed by atoms with E-state index in [-0.39, 0.29) is 23.7 Å². The first-order chi connectivity index (χ1) is 7.81. The third-order valence-electron chi connectivity index (χ3n) is 2.14. The highest BCUT2D eigenvalue weighted by Gasteiger charge is 2.40. The molecule has 0 aliphatic heterocycles. The van der Waals surface area contributed by atoms with Crippen LogP contribution in [-0.4, -0.2) is 18.4 Å². The number of phenols is 1. The molecule has 0 heterocycles. The van der Waals surface area contributed by atoms with Crippen molar-refractivity contribution in [1.29, 1.82) is 5.26 Å². The van der Waals surface area contributed by atoms with Crippen molar-refractivity contribution < 1.29 is 23.0 Å². The molecule has 0 spiro atoms. The summed E-state index contributed by atoms with van der Waals surface area (Å²) in [5, 5.41) is 18.2. The molecule has 18 heavy (non-hydrogen) atoms. The lowest BCUT2D eigenvalue weighted by Gasteiger charge is -2.18. The number of nitrogens with two attached hydrogens (primary N) is 1. The van der Waals surface area contributed by atoms with E-state index in [0.717, 1.165) is 12.1 Å². The van der Waals surface area contributed by atoms with Gasteiger partial charge in [-0.2, -0.15) is 18.4 Å². The summed E-state index contributed by atoms with van der Waals surface area (Å²) in [6.45, 7) is 0. The lowest BCUT2D eigenvalue weighted by Crippen LogP contribution is -2.28. The number of phenolic OH excluding ortho intramolecular Hbond substituents is 1. The van der Waals surface area contributed by atoms with Crippen LogP contribution < -0.4 is 10.5 Å². The Morgan fingerprint density at radius 3 is 2.39 bits per heavy atom. The predicted octanol–water partition coefficient (Wildman–Crippen LogP) is 2.26. The van der Waals surface area contributed by atoms with Crippen molar-refractivity contribution in [2.75, 3.05) is 7.11 Å². The quantitative estimate of drug-likeness (QED) is 0.872. The fourth-order valence-electron chi connectivity index (χ4n) is 1.26. The molecule has 1 aromatic carbocycles. The standard InChI is InChI=1S/C10H9F3N2O2.ClH/c1-17-7-3-5(4-14)2-6(8(7)16)9(15)10(11,12)13;/h2-3,9,16H,15H2,1H3;1H/t9-;/m0./s1. The number of nitriles is 1. The summed E-state index contributed by atoms with van der Waals surface area (Å²) >= 11 is 0. The number of alkyl halides is 3. The zero-order valence-corrected chi connectivity index (χ0v) is 9.97. The lowest BCUT2D eigenvalue weighted by molar-refractivity contribution is -0.149. The van der Waals surface area contributed by atoms with Crippen LogP contribution in [-0.2, 0) is 0 Å². The number of benzene rings is 1. The summed E-state index contributed by atoms with van der Waals surface area (Å²) in [6, 6.07) is 1.30. The first-order valence-electron chi connectivity index (χ1n) is 4.44. The normalized spacial score (nSPS) is 12.2. The molecule has 100 valence electrons. The van der Waals surface area contributed by atoms with Gasteiger partial charge in [0, 0.05) is 11.6 Å². The number of aromatic hydroxyl groups is 1. The highest BCUT2D eigenvalue weighted by atomic mass is 35.5. The third kappa shape index (κ3) is 3.18. The highest BCUT2D eigenvalue weighted by Crippen LogP contribution is 2.40. The van der Waals surface area contributed by atoms with Gasteiger partial charge in [-0.3, -0.25) is 0 Å². The Kier molecular flexibility index (Phi) is 5.27. The maximum absolute atomic E-state index is 12.4. The van der Waals surface area contributed by atoms with E-state index in [1.165, 1.54) is 7.11 Å². The Balaban J connectivity index is 0.00000289. The molecule has 1 rings (SSSR count). The third-order valence-corrected chi connectivity index (χ3v) is 2.14. The average molecular weight is 283 g/mol. The van der Waals surface area contributed by atoms with Gasteiger partial charge >= 0.3 is 6.18 Å². The second-order valence-corrected chi connectivity index (χ2v) is 3.25. The van der Waals surface area contributed by atoms with Crippen LogP contribution in [0.3, 0.4) is 0 Å². The van der Waals surface area contributed by atoms with Crippen LogP contribution in [0.4, 0.5) is 13.2 Å². The number of hydrogen-bond acceptors (Lipinski definition) is 4.